The third kappa shape index (κ3) is 5.26. The number of amides is 1. The van der Waals surface area contributed by atoms with E-state index in [0.29, 0.717) is 0 Å². The zero-order valence-electron chi connectivity index (χ0n) is 10.3. The normalized spacial score (nSPS) is 11.4. The largest absolute Gasteiger partial charge is 0.482 e. The summed E-state index contributed by atoms with van der Waals surface area (Å²) in [5.74, 6) is -0.374. The summed E-state index contributed by atoms with van der Waals surface area (Å²) in [6.45, 7) is 3.29. The van der Waals surface area contributed by atoms with E-state index in [1.165, 1.54) is 18.2 Å². The second-order valence-electron chi connectivity index (χ2n) is 4.04. The standard InChI is InChI=1S/C11H13Cl2NO4S/c1-7(2)14-11(15)6-18-9-4-3-8(12)5-10(9)19(13,16)17/h3-5,7H,6H2,1-2H3,(H,14,15). The van der Waals surface area contributed by atoms with Crippen LogP contribution in [-0.4, -0.2) is 27.0 Å². The molecule has 1 rings (SSSR count). The van der Waals surface area contributed by atoms with Gasteiger partial charge in [-0.2, -0.15) is 0 Å². The Bertz CT molecular complexity index is 572. The molecule has 0 spiro atoms. The summed E-state index contributed by atoms with van der Waals surface area (Å²) >= 11 is 5.70. The van der Waals surface area contributed by atoms with Crippen molar-refractivity contribution in [1.82, 2.24) is 5.32 Å². The maximum atomic E-state index is 11.4. The molecule has 0 aliphatic heterocycles. The van der Waals surface area contributed by atoms with Crippen molar-refractivity contribution >= 4 is 37.2 Å². The number of rotatable bonds is 5. The minimum atomic E-state index is -4.00. The Morgan fingerprint density at radius 1 is 1.42 bits per heavy atom. The first-order valence-corrected chi connectivity index (χ1v) is 8.05. The van der Waals surface area contributed by atoms with Gasteiger partial charge in [-0.3, -0.25) is 4.79 Å². The van der Waals surface area contributed by atoms with Gasteiger partial charge in [-0.05, 0) is 32.0 Å². The summed E-state index contributed by atoms with van der Waals surface area (Å²) in [5, 5.41) is 2.82. The molecule has 1 aromatic carbocycles. The first-order chi connectivity index (χ1) is 8.70. The molecule has 0 aliphatic rings. The molecule has 1 amide bonds. The lowest BCUT2D eigenvalue weighted by Gasteiger charge is -2.11. The smallest absolute Gasteiger partial charge is 0.265 e. The number of halogens is 2. The molecule has 0 radical (unpaired) electrons. The predicted octanol–water partition coefficient (Wildman–Crippen LogP) is 2.17. The Morgan fingerprint density at radius 2 is 2.05 bits per heavy atom. The van der Waals surface area contributed by atoms with Crippen LogP contribution in [0.1, 0.15) is 13.8 Å². The third-order valence-corrected chi connectivity index (χ3v) is 3.56. The summed E-state index contributed by atoms with van der Waals surface area (Å²) in [4.78, 5) is 11.1. The van der Waals surface area contributed by atoms with Gasteiger partial charge in [-0.15, -0.1) is 0 Å². The quantitative estimate of drug-likeness (QED) is 0.842. The van der Waals surface area contributed by atoms with Crippen molar-refractivity contribution in [3.63, 3.8) is 0 Å². The van der Waals surface area contributed by atoms with E-state index < -0.39 is 9.05 Å². The molecule has 106 valence electrons. The highest BCUT2D eigenvalue weighted by atomic mass is 35.7. The van der Waals surface area contributed by atoms with Gasteiger partial charge < -0.3 is 10.1 Å². The Balaban J connectivity index is 2.88. The summed E-state index contributed by atoms with van der Waals surface area (Å²) in [5.41, 5.74) is 0. The lowest BCUT2D eigenvalue weighted by molar-refractivity contribution is -0.123. The summed E-state index contributed by atoms with van der Waals surface area (Å²) in [6, 6.07) is 3.93. The third-order valence-electron chi connectivity index (χ3n) is 1.98. The van der Waals surface area contributed by atoms with Crippen molar-refractivity contribution in [2.45, 2.75) is 24.8 Å². The Labute approximate surface area is 121 Å². The number of carbonyl (C=O) groups excluding carboxylic acids is 1. The van der Waals surface area contributed by atoms with Gasteiger partial charge in [0, 0.05) is 21.7 Å². The van der Waals surface area contributed by atoms with Crippen LogP contribution in [0.15, 0.2) is 23.1 Å². The molecule has 0 heterocycles. The van der Waals surface area contributed by atoms with Crippen molar-refractivity contribution in [3.8, 4) is 5.75 Å². The lowest BCUT2D eigenvalue weighted by atomic mass is 10.3. The maximum absolute atomic E-state index is 11.4. The average molecular weight is 326 g/mol. The van der Waals surface area contributed by atoms with Crippen LogP contribution in [0.3, 0.4) is 0 Å². The van der Waals surface area contributed by atoms with E-state index in [0.717, 1.165) is 0 Å². The molecule has 0 aliphatic carbocycles. The fourth-order valence-corrected chi connectivity index (χ4v) is 2.53. The highest BCUT2D eigenvalue weighted by Gasteiger charge is 2.18. The topological polar surface area (TPSA) is 72.5 Å². The maximum Gasteiger partial charge on any atom is 0.265 e. The Morgan fingerprint density at radius 3 is 2.58 bits per heavy atom. The van der Waals surface area contributed by atoms with Gasteiger partial charge in [0.2, 0.25) is 0 Å². The number of benzene rings is 1. The number of nitrogens with one attached hydrogen (secondary N) is 1. The molecule has 0 atom stereocenters. The molecule has 1 N–H and O–H groups in total. The van der Waals surface area contributed by atoms with Gasteiger partial charge in [-0.1, -0.05) is 11.6 Å². The first kappa shape index (κ1) is 16.1. The van der Waals surface area contributed by atoms with Crippen LogP contribution in [0.25, 0.3) is 0 Å². The summed E-state index contributed by atoms with van der Waals surface area (Å²) in [7, 11) is 1.27. The van der Waals surface area contributed by atoms with Crippen LogP contribution in [0, 0.1) is 0 Å². The van der Waals surface area contributed by atoms with E-state index in [1.807, 2.05) is 0 Å². The van der Waals surface area contributed by atoms with E-state index >= 15 is 0 Å². The molecule has 0 fully saturated rings. The Kier molecular flexibility index (Phi) is 5.46. The molecule has 0 bridgehead atoms. The first-order valence-electron chi connectivity index (χ1n) is 5.36. The number of carbonyl (C=O) groups is 1. The van der Waals surface area contributed by atoms with Gasteiger partial charge >= 0.3 is 0 Å². The minimum absolute atomic E-state index is 0.0155. The van der Waals surface area contributed by atoms with Crippen molar-refractivity contribution in [3.05, 3.63) is 23.2 Å². The molecule has 19 heavy (non-hydrogen) atoms. The van der Waals surface area contributed by atoms with Gasteiger partial charge in [0.05, 0.1) is 0 Å². The number of hydrogen-bond donors (Lipinski definition) is 1. The van der Waals surface area contributed by atoms with E-state index in [4.69, 9.17) is 27.0 Å². The summed E-state index contributed by atoms with van der Waals surface area (Å²) in [6.07, 6.45) is 0. The van der Waals surface area contributed by atoms with Crippen molar-refractivity contribution < 1.29 is 17.9 Å². The van der Waals surface area contributed by atoms with Gasteiger partial charge in [0.25, 0.3) is 15.0 Å². The van der Waals surface area contributed by atoms with Crippen LogP contribution in [0.5, 0.6) is 5.75 Å². The molecule has 8 heteroatoms. The number of ether oxygens (including phenoxy) is 1. The predicted molar refractivity (Wildman–Crippen MR) is 73.3 cm³/mol. The van der Waals surface area contributed by atoms with E-state index in [2.05, 4.69) is 5.32 Å². The van der Waals surface area contributed by atoms with Crippen LogP contribution >= 0.6 is 22.3 Å². The van der Waals surface area contributed by atoms with Gasteiger partial charge in [0.15, 0.2) is 6.61 Å². The molecule has 0 saturated carbocycles. The molecular formula is C11H13Cl2NO4S. The highest BCUT2D eigenvalue weighted by Crippen LogP contribution is 2.29. The van der Waals surface area contributed by atoms with Crippen molar-refractivity contribution in [2.75, 3.05) is 6.61 Å². The van der Waals surface area contributed by atoms with Gasteiger partial charge in [-0.25, -0.2) is 8.42 Å². The van der Waals surface area contributed by atoms with Crippen molar-refractivity contribution in [1.29, 1.82) is 0 Å². The van der Waals surface area contributed by atoms with Crippen LogP contribution in [-0.2, 0) is 13.8 Å². The molecule has 1 aromatic rings. The zero-order valence-corrected chi connectivity index (χ0v) is 12.6. The number of hydrogen-bond acceptors (Lipinski definition) is 4. The molecule has 0 aromatic heterocycles. The van der Waals surface area contributed by atoms with E-state index in [1.54, 1.807) is 13.8 Å². The van der Waals surface area contributed by atoms with Crippen LogP contribution < -0.4 is 10.1 Å². The van der Waals surface area contributed by atoms with Crippen molar-refractivity contribution in [2.24, 2.45) is 0 Å². The molecule has 0 saturated heterocycles. The molecule has 5 nitrogen and oxygen atoms in total. The van der Waals surface area contributed by atoms with Gasteiger partial charge in [0.1, 0.15) is 10.6 Å². The Hall–Kier alpha value is -0.980. The van der Waals surface area contributed by atoms with Crippen LogP contribution in [0.4, 0.5) is 0 Å². The SMILES string of the molecule is CC(C)NC(=O)COc1ccc(Cl)cc1S(=O)(=O)Cl. The minimum Gasteiger partial charge on any atom is -0.482 e. The fourth-order valence-electron chi connectivity index (χ4n) is 1.30. The second-order valence-corrected chi connectivity index (χ2v) is 7.01. The average Bonchev–Trinajstić information content (AvgIpc) is 2.25. The lowest BCUT2D eigenvalue weighted by Crippen LogP contribution is -2.34. The summed E-state index contributed by atoms with van der Waals surface area (Å²) < 4.78 is 27.9. The molecular weight excluding hydrogens is 313 g/mol. The second kappa shape index (κ2) is 6.45. The van der Waals surface area contributed by atoms with E-state index in [-0.39, 0.29) is 34.2 Å². The zero-order chi connectivity index (χ0) is 14.6. The molecule has 0 unspecified atom stereocenters. The highest BCUT2D eigenvalue weighted by molar-refractivity contribution is 8.13. The monoisotopic (exact) mass is 325 g/mol. The fraction of sp³-hybridized carbons (Fsp3) is 0.364. The van der Waals surface area contributed by atoms with E-state index in [9.17, 15) is 13.2 Å². The van der Waals surface area contributed by atoms with Crippen LogP contribution in [0.2, 0.25) is 5.02 Å².